The van der Waals surface area contributed by atoms with Crippen molar-refractivity contribution in [2.75, 3.05) is 13.1 Å². The molecule has 1 aromatic rings. The molecule has 1 spiro atoms. The zero-order valence-electron chi connectivity index (χ0n) is 13.6. The van der Waals surface area contributed by atoms with Gasteiger partial charge in [0.2, 0.25) is 0 Å². The highest BCUT2D eigenvalue weighted by molar-refractivity contribution is 7.10. The Labute approximate surface area is 133 Å². The van der Waals surface area contributed by atoms with Gasteiger partial charge >= 0.3 is 0 Å². The topological polar surface area (TPSA) is 15.3 Å². The van der Waals surface area contributed by atoms with Crippen LogP contribution in [0.15, 0.2) is 17.5 Å². The molecule has 21 heavy (non-hydrogen) atoms. The average molecular weight is 307 g/mol. The van der Waals surface area contributed by atoms with Crippen LogP contribution in [0.5, 0.6) is 0 Å². The van der Waals surface area contributed by atoms with Crippen LogP contribution >= 0.6 is 11.3 Å². The van der Waals surface area contributed by atoms with Crippen molar-refractivity contribution in [3.05, 3.63) is 22.4 Å². The van der Waals surface area contributed by atoms with Crippen molar-refractivity contribution in [3.63, 3.8) is 0 Å². The van der Waals surface area contributed by atoms with Crippen molar-refractivity contribution >= 4 is 11.3 Å². The van der Waals surface area contributed by atoms with Crippen LogP contribution in [-0.2, 0) is 0 Å². The zero-order valence-corrected chi connectivity index (χ0v) is 14.4. The molecule has 2 heterocycles. The third kappa shape index (κ3) is 3.20. The van der Waals surface area contributed by atoms with E-state index in [2.05, 4.69) is 41.6 Å². The van der Waals surface area contributed by atoms with E-state index in [0.29, 0.717) is 17.6 Å². The molecule has 1 aliphatic carbocycles. The van der Waals surface area contributed by atoms with E-state index in [1.165, 1.54) is 58.0 Å². The summed E-state index contributed by atoms with van der Waals surface area (Å²) < 4.78 is 0. The Bertz CT molecular complexity index is 422. The Kier molecular flexibility index (Phi) is 5.03. The highest BCUT2D eigenvalue weighted by atomic mass is 32.1. The van der Waals surface area contributed by atoms with Gasteiger partial charge in [-0.15, -0.1) is 11.3 Å². The highest BCUT2D eigenvalue weighted by Crippen LogP contribution is 2.39. The van der Waals surface area contributed by atoms with Crippen LogP contribution < -0.4 is 5.32 Å². The van der Waals surface area contributed by atoms with Gasteiger partial charge in [0.05, 0.1) is 0 Å². The summed E-state index contributed by atoms with van der Waals surface area (Å²) in [7, 11) is 0. The van der Waals surface area contributed by atoms with Crippen LogP contribution in [0, 0.1) is 0 Å². The maximum Gasteiger partial charge on any atom is 0.0445 e. The molecule has 0 bridgehead atoms. The molecule has 0 radical (unpaired) electrons. The van der Waals surface area contributed by atoms with E-state index in [1.807, 2.05) is 11.3 Å². The SMILES string of the molecule is CCCC(c1cccs1)N1CC2(CCCC2)NCC1CC. The van der Waals surface area contributed by atoms with Crippen molar-refractivity contribution in [2.24, 2.45) is 0 Å². The molecular formula is C18H30N2S. The summed E-state index contributed by atoms with van der Waals surface area (Å²) in [5.41, 5.74) is 0.426. The Morgan fingerprint density at radius 2 is 2.19 bits per heavy atom. The second-order valence-corrected chi connectivity index (χ2v) is 7.90. The van der Waals surface area contributed by atoms with Gasteiger partial charge in [-0.25, -0.2) is 0 Å². The third-order valence-electron chi connectivity index (χ3n) is 5.53. The predicted octanol–water partition coefficient (Wildman–Crippen LogP) is 4.59. The average Bonchev–Trinajstić information content (AvgIpc) is 3.17. The molecule has 2 fully saturated rings. The van der Waals surface area contributed by atoms with Crippen LogP contribution in [0.1, 0.15) is 69.7 Å². The first kappa shape index (κ1) is 15.5. The zero-order chi connectivity index (χ0) is 14.7. The van der Waals surface area contributed by atoms with Crippen molar-refractivity contribution < 1.29 is 0 Å². The van der Waals surface area contributed by atoms with Crippen molar-refractivity contribution in [1.82, 2.24) is 10.2 Å². The minimum absolute atomic E-state index is 0.426. The molecule has 2 atom stereocenters. The molecule has 2 aliphatic rings. The summed E-state index contributed by atoms with van der Waals surface area (Å²) in [6.07, 6.45) is 9.41. The summed E-state index contributed by atoms with van der Waals surface area (Å²) in [6, 6.07) is 5.91. The van der Waals surface area contributed by atoms with Crippen molar-refractivity contribution in [1.29, 1.82) is 0 Å². The van der Waals surface area contributed by atoms with E-state index in [0.717, 1.165) is 0 Å². The quantitative estimate of drug-likeness (QED) is 0.856. The molecule has 3 heteroatoms. The fraction of sp³-hybridized carbons (Fsp3) is 0.778. The molecule has 1 aliphatic heterocycles. The van der Waals surface area contributed by atoms with Crippen LogP contribution in [-0.4, -0.2) is 29.6 Å². The van der Waals surface area contributed by atoms with E-state index < -0.39 is 0 Å². The molecule has 2 unspecified atom stereocenters. The summed E-state index contributed by atoms with van der Waals surface area (Å²) in [5, 5.41) is 6.17. The first-order chi connectivity index (χ1) is 10.3. The van der Waals surface area contributed by atoms with Crippen LogP contribution in [0.3, 0.4) is 0 Å². The van der Waals surface area contributed by atoms with Crippen molar-refractivity contribution in [2.45, 2.75) is 76.4 Å². The molecule has 3 rings (SSSR count). The van der Waals surface area contributed by atoms with E-state index in [9.17, 15) is 0 Å². The first-order valence-corrected chi connectivity index (χ1v) is 9.70. The van der Waals surface area contributed by atoms with Gasteiger partial charge in [-0.1, -0.05) is 39.2 Å². The van der Waals surface area contributed by atoms with E-state index in [-0.39, 0.29) is 0 Å². The summed E-state index contributed by atoms with van der Waals surface area (Å²) >= 11 is 1.95. The number of piperazine rings is 1. The van der Waals surface area contributed by atoms with Crippen LogP contribution in [0.4, 0.5) is 0 Å². The van der Waals surface area contributed by atoms with Gasteiger partial charge in [0, 0.05) is 35.6 Å². The Hall–Kier alpha value is -0.380. The molecule has 1 saturated carbocycles. The monoisotopic (exact) mass is 306 g/mol. The van der Waals surface area contributed by atoms with E-state index in [4.69, 9.17) is 0 Å². The summed E-state index contributed by atoms with van der Waals surface area (Å²) in [4.78, 5) is 4.43. The Balaban J connectivity index is 1.83. The van der Waals surface area contributed by atoms with Crippen molar-refractivity contribution in [3.8, 4) is 0 Å². The van der Waals surface area contributed by atoms with Crippen LogP contribution in [0.2, 0.25) is 0 Å². The minimum atomic E-state index is 0.426. The first-order valence-electron chi connectivity index (χ1n) is 8.82. The standard InChI is InChI=1S/C18H30N2S/c1-3-8-16(17-9-7-12-21-17)20-14-18(10-5-6-11-18)19-13-15(20)4-2/h7,9,12,15-16,19H,3-6,8,10-11,13-14H2,1-2H3. The lowest BCUT2D eigenvalue weighted by molar-refractivity contribution is 0.0375. The molecule has 118 valence electrons. The van der Waals surface area contributed by atoms with E-state index >= 15 is 0 Å². The lowest BCUT2D eigenvalue weighted by atomic mass is 9.89. The van der Waals surface area contributed by atoms with Gasteiger partial charge in [-0.3, -0.25) is 4.90 Å². The third-order valence-corrected chi connectivity index (χ3v) is 6.51. The molecule has 1 saturated heterocycles. The lowest BCUT2D eigenvalue weighted by Crippen LogP contribution is -2.63. The number of rotatable bonds is 5. The maximum atomic E-state index is 3.93. The van der Waals surface area contributed by atoms with Gasteiger partial charge in [0.1, 0.15) is 0 Å². The fourth-order valence-corrected chi connectivity index (χ4v) is 5.22. The normalized spacial score (nSPS) is 27.2. The molecular weight excluding hydrogens is 276 g/mol. The smallest absolute Gasteiger partial charge is 0.0445 e. The molecule has 1 N–H and O–H groups in total. The second-order valence-electron chi connectivity index (χ2n) is 6.92. The van der Waals surface area contributed by atoms with E-state index in [1.54, 1.807) is 4.88 Å². The summed E-state index contributed by atoms with van der Waals surface area (Å²) in [5.74, 6) is 0. The number of hydrogen-bond acceptors (Lipinski definition) is 3. The Morgan fingerprint density at radius 1 is 1.38 bits per heavy atom. The predicted molar refractivity (Wildman–Crippen MR) is 92.0 cm³/mol. The molecule has 0 aromatic carbocycles. The van der Waals surface area contributed by atoms with Gasteiger partial charge in [0.15, 0.2) is 0 Å². The number of thiophene rings is 1. The highest BCUT2D eigenvalue weighted by Gasteiger charge is 2.42. The largest absolute Gasteiger partial charge is 0.308 e. The molecule has 0 amide bonds. The summed E-state index contributed by atoms with van der Waals surface area (Å²) in [6.45, 7) is 7.12. The maximum absolute atomic E-state index is 3.93. The molecule has 2 nitrogen and oxygen atoms in total. The van der Waals surface area contributed by atoms with Gasteiger partial charge in [0.25, 0.3) is 0 Å². The number of nitrogens with zero attached hydrogens (tertiary/aromatic N) is 1. The molecule has 1 aromatic heterocycles. The number of hydrogen-bond donors (Lipinski definition) is 1. The number of nitrogens with one attached hydrogen (secondary N) is 1. The van der Waals surface area contributed by atoms with Gasteiger partial charge in [-0.05, 0) is 37.1 Å². The second kappa shape index (κ2) is 6.80. The van der Waals surface area contributed by atoms with Gasteiger partial charge in [-0.2, -0.15) is 0 Å². The Morgan fingerprint density at radius 3 is 2.81 bits per heavy atom. The van der Waals surface area contributed by atoms with Crippen LogP contribution in [0.25, 0.3) is 0 Å². The fourth-order valence-electron chi connectivity index (χ4n) is 4.34. The van der Waals surface area contributed by atoms with Gasteiger partial charge < -0.3 is 5.32 Å². The lowest BCUT2D eigenvalue weighted by Gasteiger charge is -2.49. The minimum Gasteiger partial charge on any atom is -0.308 e.